The highest BCUT2D eigenvalue weighted by molar-refractivity contribution is 7.99. The second-order valence-corrected chi connectivity index (χ2v) is 5.52. The summed E-state index contributed by atoms with van der Waals surface area (Å²) in [5.41, 5.74) is 1.01. The lowest BCUT2D eigenvalue weighted by Gasteiger charge is -2.24. The van der Waals surface area contributed by atoms with Crippen molar-refractivity contribution in [1.29, 1.82) is 0 Å². The highest BCUT2D eigenvalue weighted by Crippen LogP contribution is 2.26. The van der Waals surface area contributed by atoms with Crippen LogP contribution in [0.1, 0.15) is 10.4 Å². The molecule has 0 spiro atoms. The van der Waals surface area contributed by atoms with Gasteiger partial charge in [0.05, 0.1) is 18.5 Å². The van der Waals surface area contributed by atoms with Crippen molar-refractivity contribution in [2.24, 2.45) is 0 Å². The van der Waals surface area contributed by atoms with Crippen molar-refractivity contribution in [3.63, 3.8) is 0 Å². The molecule has 1 aromatic rings. The zero-order valence-electron chi connectivity index (χ0n) is 8.23. The molecule has 2 heterocycles. The first kappa shape index (κ1) is 11.0. The van der Waals surface area contributed by atoms with Gasteiger partial charge in [-0.3, -0.25) is 0 Å². The summed E-state index contributed by atoms with van der Waals surface area (Å²) in [5, 5.41) is 11.3. The molecule has 0 amide bonds. The largest absolute Gasteiger partial charge is 0.384 e. The van der Waals surface area contributed by atoms with Crippen molar-refractivity contribution in [2.75, 3.05) is 19.8 Å². The fraction of sp³-hybridized carbons (Fsp3) is 0.455. The zero-order chi connectivity index (χ0) is 10.5. The molecule has 0 bridgehead atoms. The van der Waals surface area contributed by atoms with E-state index in [1.54, 1.807) is 11.3 Å². The average Bonchev–Trinajstić information content (AvgIpc) is 2.60. The third-order valence-electron chi connectivity index (χ3n) is 2.03. The van der Waals surface area contributed by atoms with E-state index in [1.807, 2.05) is 17.1 Å². The van der Waals surface area contributed by atoms with E-state index < -0.39 is 0 Å². The van der Waals surface area contributed by atoms with Gasteiger partial charge in [0, 0.05) is 21.6 Å². The van der Waals surface area contributed by atoms with Gasteiger partial charge >= 0.3 is 0 Å². The zero-order valence-corrected chi connectivity index (χ0v) is 9.87. The number of ether oxygens (including phenoxy) is 1. The molecule has 0 saturated carbocycles. The summed E-state index contributed by atoms with van der Waals surface area (Å²) in [6.07, 6.45) is 0. The molecule has 0 radical (unpaired) electrons. The molecule has 1 saturated heterocycles. The van der Waals surface area contributed by atoms with Gasteiger partial charge in [0.15, 0.2) is 0 Å². The van der Waals surface area contributed by atoms with Crippen LogP contribution >= 0.6 is 23.1 Å². The Hall–Kier alpha value is -0.470. The van der Waals surface area contributed by atoms with E-state index >= 15 is 0 Å². The minimum atomic E-state index is -0.0701. The van der Waals surface area contributed by atoms with Crippen LogP contribution in [0.3, 0.4) is 0 Å². The first-order valence-electron chi connectivity index (χ1n) is 4.75. The number of aliphatic hydroxyl groups excluding tert-OH is 1. The van der Waals surface area contributed by atoms with Gasteiger partial charge < -0.3 is 9.84 Å². The third-order valence-corrected chi connectivity index (χ3v) is 4.38. The molecule has 0 aliphatic carbocycles. The number of hydrogen-bond donors (Lipinski definition) is 1. The van der Waals surface area contributed by atoms with E-state index in [4.69, 9.17) is 9.84 Å². The van der Waals surface area contributed by atoms with E-state index in [2.05, 4.69) is 17.9 Å². The minimum absolute atomic E-state index is 0.0701. The fourth-order valence-corrected chi connectivity index (χ4v) is 3.12. The quantitative estimate of drug-likeness (QED) is 0.816. The molecule has 15 heavy (non-hydrogen) atoms. The van der Waals surface area contributed by atoms with E-state index in [1.165, 1.54) is 4.88 Å². The smallest absolute Gasteiger partial charge is 0.104 e. The van der Waals surface area contributed by atoms with Crippen LogP contribution in [0.4, 0.5) is 0 Å². The van der Waals surface area contributed by atoms with Gasteiger partial charge in [-0.2, -0.15) is 0 Å². The SMILES string of the molecule is OCC#Cc1csc(CSC2COC2)c1. The average molecular weight is 240 g/mol. The molecule has 0 unspecified atom stereocenters. The Balaban J connectivity index is 1.83. The van der Waals surface area contributed by atoms with Crippen molar-refractivity contribution in [1.82, 2.24) is 0 Å². The summed E-state index contributed by atoms with van der Waals surface area (Å²) >= 11 is 3.67. The van der Waals surface area contributed by atoms with Crippen molar-refractivity contribution >= 4 is 23.1 Å². The highest BCUT2D eigenvalue weighted by Gasteiger charge is 2.18. The monoisotopic (exact) mass is 240 g/mol. The number of thiophene rings is 1. The summed E-state index contributed by atoms with van der Waals surface area (Å²) in [5.74, 6) is 6.60. The van der Waals surface area contributed by atoms with Crippen molar-refractivity contribution in [3.8, 4) is 11.8 Å². The lowest BCUT2D eigenvalue weighted by atomic mass is 10.3. The maximum absolute atomic E-state index is 8.56. The molecule has 2 rings (SSSR count). The first-order valence-corrected chi connectivity index (χ1v) is 6.68. The Kier molecular flexibility index (Phi) is 4.09. The summed E-state index contributed by atoms with van der Waals surface area (Å²) in [6.45, 7) is 1.72. The molecule has 1 N–H and O–H groups in total. The Morgan fingerprint density at radius 1 is 1.60 bits per heavy atom. The van der Waals surface area contributed by atoms with E-state index in [-0.39, 0.29) is 6.61 Å². The van der Waals surface area contributed by atoms with Crippen LogP contribution in [0.15, 0.2) is 11.4 Å². The highest BCUT2D eigenvalue weighted by atomic mass is 32.2. The van der Waals surface area contributed by atoms with E-state index in [9.17, 15) is 0 Å². The van der Waals surface area contributed by atoms with Crippen molar-refractivity contribution in [3.05, 3.63) is 21.9 Å². The van der Waals surface area contributed by atoms with E-state index in [0.717, 1.165) is 24.5 Å². The second kappa shape index (κ2) is 5.57. The first-order chi connectivity index (χ1) is 7.38. The van der Waals surface area contributed by atoms with Crippen LogP contribution in [0, 0.1) is 11.8 Å². The molecule has 1 aliphatic heterocycles. The van der Waals surface area contributed by atoms with Gasteiger partial charge in [-0.1, -0.05) is 11.8 Å². The molecule has 1 aliphatic rings. The van der Waals surface area contributed by atoms with Gasteiger partial charge in [-0.05, 0) is 6.07 Å². The van der Waals surface area contributed by atoms with Gasteiger partial charge in [0.1, 0.15) is 6.61 Å². The molecule has 1 aromatic heterocycles. The molecule has 0 atom stereocenters. The topological polar surface area (TPSA) is 29.5 Å². The number of rotatable bonds is 3. The second-order valence-electron chi connectivity index (χ2n) is 3.23. The Morgan fingerprint density at radius 2 is 2.47 bits per heavy atom. The molecular formula is C11H12O2S2. The lowest BCUT2D eigenvalue weighted by molar-refractivity contribution is 0.0455. The summed E-state index contributed by atoms with van der Waals surface area (Å²) in [7, 11) is 0. The molecule has 80 valence electrons. The normalized spacial score (nSPS) is 15.5. The van der Waals surface area contributed by atoms with Crippen LogP contribution in [0.25, 0.3) is 0 Å². The Morgan fingerprint density at radius 3 is 3.13 bits per heavy atom. The summed E-state index contributed by atoms with van der Waals surface area (Å²) < 4.78 is 5.11. The van der Waals surface area contributed by atoms with Crippen molar-refractivity contribution < 1.29 is 9.84 Å². The fourth-order valence-electron chi connectivity index (χ4n) is 1.17. The molecule has 4 heteroatoms. The van der Waals surface area contributed by atoms with Gasteiger partial charge in [-0.15, -0.1) is 23.1 Å². The molecule has 1 fully saturated rings. The van der Waals surface area contributed by atoms with Crippen LogP contribution in [-0.4, -0.2) is 30.2 Å². The van der Waals surface area contributed by atoms with Crippen LogP contribution < -0.4 is 0 Å². The number of aliphatic hydroxyl groups is 1. The molecule has 2 nitrogen and oxygen atoms in total. The maximum atomic E-state index is 8.56. The minimum Gasteiger partial charge on any atom is -0.384 e. The predicted octanol–water partition coefficient (Wildman–Crippen LogP) is 1.72. The molecule has 0 aromatic carbocycles. The van der Waals surface area contributed by atoms with Gasteiger partial charge in [0.2, 0.25) is 0 Å². The standard InChI is InChI=1S/C11H12O2S2/c12-3-1-2-9-4-10(14-7-9)8-15-11-5-13-6-11/h4,7,11-12H,3,5-6,8H2. The van der Waals surface area contributed by atoms with Crippen molar-refractivity contribution in [2.45, 2.75) is 11.0 Å². The Labute approximate surface area is 97.7 Å². The predicted molar refractivity (Wildman–Crippen MR) is 64.2 cm³/mol. The van der Waals surface area contributed by atoms with Crippen LogP contribution in [0.5, 0.6) is 0 Å². The Bertz CT molecular complexity index is 371. The van der Waals surface area contributed by atoms with E-state index in [0.29, 0.717) is 5.25 Å². The number of thioether (sulfide) groups is 1. The summed E-state index contributed by atoms with van der Waals surface area (Å²) in [6, 6.07) is 2.10. The molecular weight excluding hydrogens is 228 g/mol. The van der Waals surface area contributed by atoms with Gasteiger partial charge in [-0.25, -0.2) is 0 Å². The van der Waals surface area contributed by atoms with Crippen LogP contribution in [0.2, 0.25) is 0 Å². The van der Waals surface area contributed by atoms with Gasteiger partial charge in [0.25, 0.3) is 0 Å². The third kappa shape index (κ3) is 3.25. The maximum Gasteiger partial charge on any atom is 0.104 e. The number of hydrogen-bond acceptors (Lipinski definition) is 4. The summed E-state index contributed by atoms with van der Waals surface area (Å²) in [4.78, 5) is 1.34. The lowest BCUT2D eigenvalue weighted by Crippen LogP contribution is -2.30. The van der Waals surface area contributed by atoms with Crippen LogP contribution in [-0.2, 0) is 10.5 Å².